The van der Waals surface area contributed by atoms with Crippen LogP contribution in [0.3, 0.4) is 0 Å². The van der Waals surface area contributed by atoms with Gasteiger partial charge in [0, 0.05) is 18.5 Å². The third-order valence-corrected chi connectivity index (χ3v) is 4.07. The summed E-state index contributed by atoms with van der Waals surface area (Å²) in [4.78, 5) is 26.1. The van der Waals surface area contributed by atoms with Crippen LogP contribution in [0.1, 0.15) is 61.4 Å². The lowest BCUT2D eigenvalue weighted by Crippen LogP contribution is -2.37. The van der Waals surface area contributed by atoms with Crippen molar-refractivity contribution in [1.82, 2.24) is 4.90 Å². The van der Waals surface area contributed by atoms with Gasteiger partial charge in [0.15, 0.2) is 5.78 Å². The fourth-order valence-electron chi connectivity index (χ4n) is 2.79. The molecule has 1 aromatic rings. The normalized spacial score (nSPS) is 16.4. The zero-order chi connectivity index (χ0) is 15.1. The highest BCUT2D eigenvalue weighted by atomic mass is 16.2. The summed E-state index contributed by atoms with van der Waals surface area (Å²) in [5.41, 5.74) is 1.97. The molecule has 0 bridgehead atoms. The van der Waals surface area contributed by atoms with Crippen LogP contribution in [0.25, 0.3) is 0 Å². The van der Waals surface area contributed by atoms with Crippen molar-refractivity contribution in [2.75, 3.05) is 13.1 Å². The first-order chi connectivity index (χ1) is 10.2. The minimum atomic E-state index is 0.0481. The first kappa shape index (κ1) is 15.7. The molecule has 0 atom stereocenters. The first-order valence-electron chi connectivity index (χ1n) is 8.10. The number of nitrogens with zero attached hydrogens (tertiary/aromatic N) is 1. The number of likely N-dealkylation sites (tertiary alicyclic amines) is 1. The summed E-state index contributed by atoms with van der Waals surface area (Å²) >= 11 is 0. The number of rotatable bonds is 5. The summed E-state index contributed by atoms with van der Waals surface area (Å²) in [6.45, 7) is 3.09. The predicted octanol–water partition coefficient (Wildman–Crippen LogP) is 3.61. The van der Waals surface area contributed by atoms with Crippen LogP contribution in [0.2, 0.25) is 0 Å². The van der Waals surface area contributed by atoms with Crippen LogP contribution < -0.4 is 0 Å². The molecule has 1 aliphatic rings. The molecule has 114 valence electrons. The number of hydrogen-bond acceptors (Lipinski definition) is 2. The maximum atomic E-state index is 12.3. The molecule has 21 heavy (non-hydrogen) atoms. The van der Waals surface area contributed by atoms with E-state index < -0.39 is 0 Å². The number of amides is 1. The maximum absolute atomic E-state index is 12.3. The Morgan fingerprint density at radius 3 is 2.52 bits per heavy atom. The van der Waals surface area contributed by atoms with Gasteiger partial charge in [0.05, 0.1) is 6.54 Å². The van der Waals surface area contributed by atoms with Crippen LogP contribution in [0.4, 0.5) is 0 Å². The zero-order valence-electron chi connectivity index (χ0n) is 12.9. The van der Waals surface area contributed by atoms with E-state index in [1.54, 1.807) is 4.90 Å². The van der Waals surface area contributed by atoms with E-state index in [0.717, 1.165) is 45.1 Å². The van der Waals surface area contributed by atoms with Crippen LogP contribution in [0.15, 0.2) is 24.3 Å². The van der Waals surface area contributed by atoms with Gasteiger partial charge >= 0.3 is 0 Å². The molecule has 1 heterocycles. The second kappa shape index (κ2) is 7.96. The monoisotopic (exact) mass is 287 g/mol. The highest BCUT2D eigenvalue weighted by Crippen LogP contribution is 2.13. The SMILES string of the molecule is CCCc1ccc(C(=O)CN2CCCCCCC2=O)cc1. The van der Waals surface area contributed by atoms with Gasteiger partial charge in [-0.2, -0.15) is 0 Å². The molecular weight excluding hydrogens is 262 g/mol. The second-order valence-corrected chi connectivity index (χ2v) is 5.85. The molecule has 0 aliphatic carbocycles. The molecule has 0 radical (unpaired) electrons. The number of Topliss-reactive ketones (excluding diaryl/α,β-unsaturated/α-hetero) is 1. The average molecular weight is 287 g/mol. The van der Waals surface area contributed by atoms with Crippen molar-refractivity contribution in [2.45, 2.75) is 51.9 Å². The van der Waals surface area contributed by atoms with E-state index in [1.807, 2.05) is 24.3 Å². The third kappa shape index (κ3) is 4.69. The number of hydrogen-bond donors (Lipinski definition) is 0. The zero-order valence-corrected chi connectivity index (χ0v) is 12.9. The molecule has 1 fully saturated rings. The van der Waals surface area contributed by atoms with Crippen LogP contribution >= 0.6 is 0 Å². The van der Waals surface area contributed by atoms with E-state index in [-0.39, 0.29) is 18.2 Å². The fraction of sp³-hybridized carbons (Fsp3) is 0.556. The number of carbonyl (C=O) groups is 2. The van der Waals surface area contributed by atoms with Gasteiger partial charge in [-0.05, 0) is 24.8 Å². The number of carbonyl (C=O) groups excluding carboxylic acids is 2. The predicted molar refractivity (Wildman–Crippen MR) is 84.4 cm³/mol. The van der Waals surface area contributed by atoms with Gasteiger partial charge in [-0.25, -0.2) is 0 Å². The highest BCUT2D eigenvalue weighted by Gasteiger charge is 2.19. The molecule has 3 nitrogen and oxygen atoms in total. The molecule has 1 saturated heterocycles. The van der Waals surface area contributed by atoms with Gasteiger partial charge in [-0.15, -0.1) is 0 Å². The van der Waals surface area contributed by atoms with Crippen molar-refractivity contribution in [1.29, 1.82) is 0 Å². The smallest absolute Gasteiger partial charge is 0.222 e. The van der Waals surface area contributed by atoms with E-state index >= 15 is 0 Å². The Hall–Kier alpha value is -1.64. The van der Waals surface area contributed by atoms with Crippen LogP contribution in [0.5, 0.6) is 0 Å². The Morgan fingerprint density at radius 2 is 1.81 bits per heavy atom. The number of benzene rings is 1. The first-order valence-corrected chi connectivity index (χ1v) is 8.10. The maximum Gasteiger partial charge on any atom is 0.222 e. The lowest BCUT2D eigenvalue weighted by molar-refractivity contribution is -0.131. The van der Waals surface area contributed by atoms with Crippen LogP contribution in [-0.2, 0) is 11.2 Å². The molecule has 0 unspecified atom stereocenters. The fourth-order valence-corrected chi connectivity index (χ4v) is 2.79. The molecule has 0 aromatic heterocycles. The van der Waals surface area contributed by atoms with E-state index in [4.69, 9.17) is 0 Å². The van der Waals surface area contributed by atoms with Gasteiger partial charge < -0.3 is 4.90 Å². The molecule has 1 aliphatic heterocycles. The van der Waals surface area contributed by atoms with Gasteiger partial charge in [0.1, 0.15) is 0 Å². The summed E-state index contributed by atoms with van der Waals surface area (Å²) in [5, 5.41) is 0. The van der Waals surface area contributed by atoms with Gasteiger partial charge in [-0.1, -0.05) is 50.5 Å². The van der Waals surface area contributed by atoms with Crippen molar-refractivity contribution in [3.8, 4) is 0 Å². The standard InChI is InChI=1S/C18H25NO2/c1-2-7-15-9-11-16(12-10-15)17(20)14-19-13-6-4-3-5-8-18(19)21/h9-12H,2-8,13-14H2,1H3. The van der Waals surface area contributed by atoms with Gasteiger partial charge in [0.2, 0.25) is 5.91 Å². The Kier molecular flexibility index (Phi) is 5.97. The van der Waals surface area contributed by atoms with Crippen molar-refractivity contribution < 1.29 is 9.59 Å². The molecule has 0 spiro atoms. The molecule has 3 heteroatoms. The van der Waals surface area contributed by atoms with E-state index in [9.17, 15) is 9.59 Å². The minimum Gasteiger partial charge on any atom is -0.335 e. The molecule has 0 saturated carbocycles. The Morgan fingerprint density at radius 1 is 1.10 bits per heavy atom. The number of aryl methyl sites for hydroxylation is 1. The van der Waals surface area contributed by atoms with Crippen molar-refractivity contribution in [3.05, 3.63) is 35.4 Å². The van der Waals surface area contributed by atoms with Crippen molar-refractivity contribution in [3.63, 3.8) is 0 Å². The van der Waals surface area contributed by atoms with E-state index in [1.165, 1.54) is 5.56 Å². The average Bonchev–Trinajstić information content (AvgIpc) is 2.48. The second-order valence-electron chi connectivity index (χ2n) is 5.85. The summed E-state index contributed by atoms with van der Waals surface area (Å²) in [5.74, 6) is 0.178. The molecule has 0 N–H and O–H groups in total. The van der Waals surface area contributed by atoms with Gasteiger partial charge in [-0.3, -0.25) is 9.59 Å². The minimum absolute atomic E-state index is 0.0481. The Balaban J connectivity index is 1.97. The Labute approximate surface area is 127 Å². The molecule has 1 aromatic carbocycles. The topological polar surface area (TPSA) is 37.4 Å². The lowest BCUT2D eigenvalue weighted by Gasteiger charge is -2.24. The Bertz CT molecular complexity index is 478. The largest absolute Gasteiger partial charge is 0.335 e. The van der Waals surface area contributed by atoms with Crippen LogP contribution in [0, 0.1) is 0 Å². The van der Waals surface area contributed by atoms with E-state index in [2.05, 4.69) is 6.92 Å². The summed E-state index contributed by atoms with van der Waals surface area (Å²) in [6, 6.07) is 7.82. The highest BCUT2D eigenvalue weighted by molar-refractivity contribution is 5.99. The molecule has 2 rings (SSSR count). The third-order valence-electron chi connectivity index (χ3n) is 4.07. The van der Waals surface area contributed by atoms with Crippen molar-refractivity contribution in [2.24, 2.45) is 0 Å². The summed E-state index contributed by atoms with van der Waals surface area (Å²) in [7, 11) is 0. The molecule has 1 amide bonds. The summed E-state index contributed by atoms with van der Waals surface area (Å²) in [6.07, 6.45) is 6.98. The lowest BCUT2D eigenvalue weighted by atomic mass is 10.0. The van der Waals surface area contributed by atoms with Crippen molar-refractivity contribution >= 4 is 11.7 Å². The van der Waals surface area contributed by atoms with E-state index in [0.29, 0.717) is 12.0 Å². The quantitative estimate of drug-likeness (QED) is 0.776. The van der Waals surface area contributed by atoms with Gasteiger partial charge in [0.25, 0.3) is 0 Å². The summed E-state index contributed by atoms with van der Waals surface area (Å²) < 4.78 is 0. The molecular formula is C18H25NO2. The van der Waals surface area contributed by atoms with Crippen LogP contribution in [-0.4, -0.2) is 29.7 Å². The number of ketones is 1.